The summed E-state index contributed by atoms with van der Waals surface area (Å²) in [6.45, 7) is 14.9. The standard InChI is InChI=1S/C18H20ClN3.C7H10N2.2C2H6/c1-13-11-16(19)7-8-17(13)21-12-14-3-5-15(6-4-14)18(20)22-9-2-10-22;1-6-3-4-7(8-2)9-5-6;2*1-2/h3-8,11,20-21H,2,9-10,12H2,1H3;3-5H,1-2H3,(H,8,9);2*1-2H3. The van der Waals surface area contributed by atoms with Crippen LogP contribution in [0.3, 0.4) is 0 Å². The molecule has 0 aliphatic carbocycles. The second-order valence-corrected chi connectivity index (χ2v) is 8.11. The third kappa shape index (κ3) is 9.99. The van der Waals surface area contributed by atoms with Gasteiger partial charge in [-0.1, -0.05) is 69.6 Å². The molecule has 5 nitrogen and oxygen atoms in total. The topological polar surface area (TPSA) is 64.0 Å². The molecule has 1 aromatic heterocycles. The van der Waals surface area contributed by atoms with E-state index < -0.39 is 0 Å². The van der Waals surface area contributed by atoms with Crippen molar-refractivity contribution in [2.24, 2.45) is 0 Å². The highest BCUT2D eigenvalue weighted by atomic mass is 35.5. The molecule has 0 saturated carbocycles. The van der Waals surface area contributed by atoms with E-state index in [1.807, 2.05) is 97.3 Å². The summed E-state index contributed by atoms with van der Waals surface area (Å²) >= 11 is 5.97. The third-order valence-corrected chi connectivity index (χ3v) is 5.47. The van der Waals surface area contributed by atoms with Crippen molar-refractivity contribution in [1.82, 2.24) is 9.88 Å². The van der Waals surface area contributed by atoms with E-state index in [0.29, 0.717) is 5.84 Å². The number of aryl methyl sites for hydroxylation is 2. The molecular weight excluding hydrogens is 454 g/mol. The summed E-state index contributed by atoms with van der Waals surface area (Å²) in [7, 11) is 1.86. The smallest absolute Gasteiger partial charge is 0.128 e. The van der Waals surface area contributed by atoms with Gasteiger partial charge in [-0.25, -0.2) is 4.98 Å². The molecular formula is C29H42ClN5. The molecule has 3 aromatic rings. The van der Waals surface area contributed by atoms with E-state index in [1.165, 1.54) is 17.5 Å². The number of hydrogen-bond acceptors (Lipinski definition) is 4. The van der Waals surface area contributed by atoms with Crippen molar-refractivity contribution in [1.29, 1.82) is 5.41 Å². The Labute approximate surface area is 217 Å². The molecule has 0 unspecified atom stereocenters. The number of aromatic nitrogens is 1. The van der Waals surface area contributed by atoms with Gasteiger partial charge in [0.25, 0.3) is 0 Å². The Morgan fingerprint density at radius 1 is 0.971 bits per heavy atom. The summed E-state index contributed by atoms with van der Waals surface area (Å²) in [6, 6.07) is 18.1. The van der Waals surface area contributed by atoms with Crippen LogP contribution in [-0.2, 0) is 6.54 Å². The molecule has 0 amide bonds. The number of rotatable bonds is 5. The molecule has 6 heteroatoms. The first-order valence-corrected chi connectivity index (χ1v) is 12.9. The molecule has 0 bridgehead atoms. The molecule has 3 N–H and O–H groups in total. The summed E-state index contributed by atoms with van der Waals surface area (Å²) in [5.74, 6) is 1.56. The van der Waals surface area contributed by atoms with Gasteiger partial charge in [0.05, 0.1) is 0 Å². The van der Waals surface area contributed by atoms with Gasteiger partial charge in [-0.05, 0) is 61.2 Å². The Kier molecular flexibility index (Phi) is 14.2. The van der Waals surface area contributed by atoms with Crippen LogP contribution in [0.15, 0.2) is 60.8 Å². The average molecular weight is 496 g/mol. The Balaban J connectivity index is 0.000000394. The van der Waals surface area contributed by atoms with E-state index >= 15 is 0 Å². The number of hydrogen-bond donors (Lipinski definition) is 3. The van der Waals surface area contributed by atoms with Crippen LogP contribution < -0.4 is 10.6 Å². The highest BCUT2D eigenvalue weighted by Gasteiger charge is 2.18. The molecule has 190 valence electrons. The molecule has 1 aliphatic rings. The van der Waals surface area contributed by atoms with Gasteiger partial charge < -0.3 is 15.5 Å². The second kappa shape index (κ2) is 16.6. The summed E-state index contributed by atoms with van der Waals surface area (Å²) in [5, 5.41) is 15.3. The largest absolute Gasteiger partial charge is 0.381 e. The molecule has 0 radical (unpaired) electrons. The predicted molar refractivity (Wildman–Crippen MR) is 154 cm³/mol. The number of pyridine rings is 1. The van der Waals surface area contributed by atoms with Crippen LogP contribution >= 0.6 is 11.6 Å². The van der Waals surface area contributed by atoms with Crippen LogP contribution in [0.5, 0.6) is 0 Å². The molecule has 1 fully saturated rings. The maximum atomic E-state index is 8.14. The van der Waals surface area contributed by atoms with Crippen LogP contribution in [0.1, 0.15) is 56.4 Å². The third-order valence-electron chi connectivity index (χ3n) is 5.24. The van der Waals surface area contributed by atoms with Crippen LogP contribution in [0, 0.1) is 19.3 Å². The lowest BCUT2D eigenvalue weighted by molar-refractivity contribution is 0.299. The van der Waals surface area contributed by atoms with E-state index in [0.717, 1.165) is 47.3 Å². The number of anilines is 2. The lowest BCUT2D eigenvalue weighted by atomic mass is 10.1. The molecule has 4 rings (SSSR count). The number of nitrogens with one attached hydrogen (secondary N) is 3. The van der Waals surface area contributed by atoms with Crippen LogP contribution in [-0.4, -0.2) is 35.9 Å². The van der Waals surface area contributed by atoms with E-state index in [9.17, 15) is 0 Å². The Bertz CT molecular complexity index is 997. The van der Waals surface area contributed by atoms with Crippen molar-refractivity contribution in [3.63, 3.8) is 0 Å². The Hall–Kier alpha value is -3.05. The summed E-state index contributed by atoms with van der Waals surface area (Å²) in [6.07, 6.45) is 3.04. The second-order valence-electron chi connectivity index (χ2n) is 7.67. The van der Waals surface area contributed by atoms with E-state index in [-0.39, 0.29) is 0 Å². The highest BCUT2D eigenvalue weighted by molar-refractivity contribution is 6.30. The fraction of sp³-hybridized carbons (Fsp3) is 0.379. The van der Waals surface area contributed by atoms with Gasteiger partial charge in [0.1, 0.15) is 11.7 Å². The van der Waals surface area contributed by atoms with Crippen molar-refractivity contribution < 1.29 is 0 Å². The van der Waals surface area contributed by atoms with Gasteiger partial charge in [-0.15, -0.1) is 0 Å². The van der Waals surface area contributed by atoms with Gasteiger partial charge in [-0.2, -0.15) is 0 Å². The van der Waals surface area contributed by atoms with Gasteiger partial charge >= 0.3 is 0 Å². The Morgan fingerprint density at radius 2 is 1.63 bits per heavy atom. The van der Waals surface area contributed by atoms with Crippen LogP contribution in [0.25, 0.3) is 0 Å². The maximum Gasteiger partial charge on any atom is 0.128 e. The summed E-state index contributed by atoms with van der Waals surface area (Å²) in [5.41, 5.74) is 5.63. The van der Waals surface area contributed by atoms with E-state index in [4.69, 9.17) is 17.0 Å². The fourth-order valence-electron chi connectivity index (χ4n) is 3.14. The average Bonchev–Trinajstić information content (AvgIpc) is 2.86. The minimum atomic E-state index is 0.638. The van der Waals surface area contributed by atoms with Crippen molar-refractivity contribution in [2.45, 2.75) is 54.5 Å². The van der Waals surface area contributed by atoms with Crippen LogP contribution in [0.4, 0.5) is 11.5 Å². The molecule has 0 atom stereocenters. The van der Waals surface area contributed by atoms with Crippen molar-refractivity contribution in [3.05, 3.63) is 88.1 Å². The maximum absolute atomic E-state index is 8.14. The van der Waals surface area contributed by atoms with Crippen LogP contribution in [0.2, 0.25) is 5.02 Å². The van der Waals surface area contributed by atoms with E-state index in [1.54, 1.807) is 0 Å². The lowest BCUT2D eigenvalue weighted by Gasteiger charge is -2.33. The zero-order chi connectivity index (χ0) is 26.2. The van der Waals surface area contributed by atoms with Crippen molar-refractivity contribution >= 4 is 28.9 Å². The first-order chi connectivity index (χ1) is 17.0. The zero-order valence-electron chi connectivity index (χ0n) is 22.4. The lowest BCUT2D eigenvalue weighted by Crippen LogP contribution is -2.42. The number of halogens is 1. The molecule has 1 aliphatic heterocycles. The number of amidine groups is 1. The molecule has 2 aromatic carbocycles. The van der Waals surface area contributed by atoms with Crippen molar-refractivity contribution in [3.8, 4) is 0 Å². The Morgan fingerprint density at radius 3 is 2.11 bits per heavy atom. The summed E-state index contributed by atoms with van der Waals surface area (Å²) in [4.78, 5) is 6.19. The zero-order valence-corrected chi connectivity index (χ0v) is 23.1. The number of nitrogens with zero attached hydrogens (tertiary/aromatic N) is 2. The molecule has 35 heavy (non-hydrogen) atoms. The fourth-order valence-corrected chi connectivity index (χ4v) is 3.37. The quantitative estimate of drug-likeness (QED) is 0.250. The monoisotopic (exact) mass is 495 g/mol. The van der Waals surface area contributed by atoms with E-state index in [2.05, 4.69) is 32.7 Å². The normalized spacial score (nSPS) is 11.3. The van der Waals surface area contributed by atoms with Crippen molar-refractivity contribution in [2.75, 3.05) is 30.8 Å². The minimum absolute atomic E-state index is 0.638. The van der Waals surface area contributed by atoms with Gasteiger partial charge in [-0.3, -0.25) is 5.41 Å². The van der Waals surface area contributed by atoms with Gasteiger partial charge in [0.15, 0.2) is 0 Å². The SMILES string of the molecule is CC.CC.CNc1ccc(C)cn1.Cc1cc(Cl)ccc1NCc1ccc(C(=N)N2CCC2)cc1. The molecule has 2 heterocycles. The first-order valence-electron chi connectivity index (χ1n) is 12.5. The summed E-state index contributed by atoms with van der Waals surface area (Å²) < 4.78 is 0. The van der Waals surface area contributed by atoms with Gasteiger partial charge in [0, 0.05) is 49.2 Å². The highest BCUT2D eigenvalue weighted by Crippen LogP contribution is 2.20. The predicted octanol–water partition coefficient (Wildman–Crippen LogP) is 7.78. The van der Waals surface area contributed by atoms with Gasteiger partial charge in [0.2, 0.25) is 0 Å². The number of benzene rings is 2. The minimum Gasteiger partial charge on any atom is -0.381 e. The first kappa shape index (κ1) is 30.0. The molecule has 0 spiro atoms. The number of likely N-dealkylation sites (tertiary alicyclic amines) is 1. The molecule has 1 saturated heterocycles.